The van der Waals surface area contributed by atoms with Gasteiger partial charge in [-0.15, -0.1) is 0 Å². The fraction of sp³-hybridized carbons (Fsp3) is 0.500. The molecular formula is C26H30F6N4O. The van der Waals surface area contributed by atoms with Crippen LogP contribution < -0.4 is 5.32 Å². The zero-order valence-corrected chi connectivity index (χ0v) is 20.4. The van der Waals surface area contributed by atoms with Gasteiger partial charge in [-0.25, -0.2) is 4.79 Å². The summed E-state index contributed by atoms with van der Waals surface area (Å²) in [5.41, 5.74) is -1.87. The number of urea groups is 1. The second-order valence-corrected chi connectivity index (χ2v) is 9.80. The molecule has 0 bridgehead atoms. The zero-order chi connectivity index (χ0) is 26.8. The van der Waals surface area contributed by atoms with E-state index in [0.717, 1.165) is 43.6 Å². The molecule has 2 heterocycles. The number of carbonyl (C=O) groups is 1. The Labute approximate surface area is 212 Å². The lowest BCUT2D eigenvalue weighted by molar-refractivity contribution is -0.143. The van der Waals surface area contributed by atoms with Gasteiger partial charge in [0.1, 0.15) is 0 Å². The van der Waals surface area contributed by atoms with Crippen molar-refractivity contribution in [1.82, 2.24) is 20.0 Å². The summed E-state index contributed by atoms with van der Waals surface area (Å²) in [4.78, 5) is 19.0. The number of hydrogen-bond donors (Lipinski definition) is 1. The van der Waals surface area contributed by atoms with E-state index < -0.39 is 29.5 Å². The summed E-state index contributed by atoms with van der Waals surface area (Å²) in [7, 11) is 2.03. The van der Waals surface area contributed by atoms with E-state index in [2.05, 4.69) is 10.2 Å². The molecule has 11 heteroatoms. The molecule has 2 aromatic rings. The summed E-state index contributed by atoms with van der Waals surface area (Å²) in [6.45, 7) is 2.57. The largest absolute Gasteiger partial charge is 0.416 e. The van der Waals surface area contributed by atoms with Crippen LogP contribution in [0.25, 0.3) is 0 Å². The number of alkyl halides is 6. The molecule has 2 saturated heterocycles. The Morgan fingerprint density at radius 3 is 2.05 bits per heavy atom. The summed E-state index contributed by atoms with van der Waals surface area (Å²) < 4.78 is 79.9. The number of hydrogen-bond acceptors (Lipinski definition) is 3. The Morgan fingerprint density at radius 2 is 1.49 bits per heavy atom. The SMILES string of the molecule is CN1CCC(NC(=O)N2CCN(Cc3cc(C(F)(F)F)cc(C(F)(F)F)c3)CC2c2ccccc2)CC1. The average molecular weight is 529 g/mol. The highest BCUT2D eigenvalue weighted by molar-refractivity contribution is 5.75. The van der Waals surface area contributed by atoms with Crippen molar-refractivity contribution in [2.75, 3.05) is 39.8 Å². The molecule has 5 nitrogen and oxygen atoms in total. The minimum Gasteiger partial charge on any atom is -0.335 e. The van der Waals surface area contributed by atoms with Crippen molar-refractivity contribution in [2.24, 2.45) is 0 Å². The van der Waals surface area contributed by atoms with Crippen LogP contribution in [0.15, 0.2) is 48.5 Å². The Kier molecular flexibility index (Phi) is 8.03. The molecule has 0 aliphatic carbocycles. The lowest BCUT2D eigenvalue weighted by Crippen LogP contribution is -2.55. The molecule has 0 spiro atoms. The lowest BCUT2D eigenvalue weighted by atomic mass is 10.0. The van der Waals surface area contributed by atoms with Gasteiger partial charge < -0.3 is 15.1 Å². The van der Waals surface area contributed by atoms with Gasteiger partial charge in [0.05, 0.1) is 17.2 Å². The van der Waals surface area contributed by atoms with Crippen LogP contribution in [-0.4, -0.2) is 66.5 Å². The van der Waals surface area contributed by atoms with E-state index in [1.165, 1.54) is 0 Å². The van der Waals surface area contributed by atoms with E-state index in [1.54, 1.807) is 9.80 Å². The number of nitrogens with one attached hydrogen (secondary N) is 1. The van der Waals surface area contributed by atoms with E-state index in [0.29, 0.717) is 13.1 Å². The van der Waals surface area contributed by atoms with Crippen molar-refractivity contribution in [3.8, 4) is 0 Å². The number of nitrogens with zero attached hydrogens (tertiary/aromatic N) is 3. The Bertz CT molecular complexity index is 1030. The summed E-state index contributed by atoms with van der Waals surface area (Å²) >= 11 is 0. The summed E-state index contributed by atoms with van der Waals surface area (Å²) in [5, 5.41) is 3.11. The van der Waals surface area contributed by atoms with Gasteiger partial charge in [0.15, 0.2) is 0 Å². The van der Waals surface area contributed by atoms with Gasteiger partial charge in [-0.05, 0) is 62.3 Å². The number of amides is 2. The monoisotopic (exact) mass is 528 g/mol. The van der Waals surface area contributed by atoms with E-state index in [-0.39, 0.29) is 36.8 Å². The maximum Gasteiger partial charge on any atom is 0.416 e. The third-order valence-corrected chi connectivity index (χ3v) is 7.01. The maximum absolute atomic E-state index is 13.3. The van der Waals surface area contributed by atoms with Crippen molar-refractivity contribution >= 4 is 6.03 Å². The van der Waals surface area contributed by atoms with Crippen molar-refractivity contribution < 1.29 is 31.1 Å². The van der Waals surface area contributed by atoms with Crippen molar-refractivity contribution in [1.29, 1.82) is 0 Å². The Balaban J connectivity index is 1.53. The van der Waals surface area contributed by atoms with E-state index in [9.17, 15) is 31.1 Å². The van der Waals surface area contributed by atoms with Gasteiger partial charge in [0.2, 0.25) is 0 Å². The molecule has 2 aliphatic rings. The molecule has 2 aliphatic heterocycles. The molecular weight excluding hydrogens is 498 g/mol. The molecule has 0 saturated carbocycles. The highest BCUT2D eigenvalue weighted by Gasteiger charge is 2.38. The lowest BCUT2D eigenvalue weighted by Gasteiger charge is -2.42. The molecule has 1 atom stereocenters. The summed E-state index contributed by atoms with van der Waals surface area (Å²) in [6, 6.07) is 10.4. The quantitative estimate of drug-likeness (QED) is 0.542. The minimum absolute atomic E-state index is 0.0593. The maximum atomic E-state index is 13.3. The number of likely N-dealkylation sites (tertiary alicyclic amines) is 1. The first-order chi connectivity index (χ1) is 17.4. The zero-order valence-electron chi connectivity index (χ0n) is 20.4. The fourth-order valence-electron chi connectivity index (χ4n) is 4.97. The average Bonchev–Trinajstić information content (AvgIpc) is 2.84. The number of benzene rings is 2. The Morgan fingerprint density at radius 1 is 0.892 bits per heavy atom. The molecule has 2 fully saturated rings. The van der Waals surface area contributed by atoms with Crippen LogP contribution in [-0.2, 0) is 18.9 Å². The summed E-state index contributed by atoms with van der Waals surface area (Å²) in [5.74, 6) is 0. The first-order valence-electron chi connectivity index (χ1n) is 12.2. The van der Waals surface area contributed by atoms with E-state index >= 15 is 0 Å². The predicted octanol–water partition coefficient (Wildman–Crippen LogP) is 5.39. The number of piperazine rings is 1. The van der Waals surface area contributed by atoms with Crippen LogP contribution in [0.2, 0.25) is 0 Å². The third-order valence-electron chi connectivity index (χ3n) is 7.01. The van der Waals surface area contributed by atoms with Gasteiger partial charge in [-0.3, -0.25) is 4.90 Å². The van der Waals surface area contributed by atoms with Crippen LogP contribution in [0.4, 0.5) is 31.1 Å². The standard InChI is InChI=1S/C26H30F6N4O/c1-34-9-7-22(8-10-34)33-24(37)36-12-11-35(17-23(36)19-5-3-2-4-6-19)16-18-13-20(25(27,28)29)15-21(14-18)26(30,31)32/h2-6,13-15,22-23H,7-12,16-17H2,1H3,(H,33,37). The van der Waals surface area contributed by atoms with Gasteiger partial charge in [-0.1, -0.05) is 30.3 Å². The first-order valence-corrected chi connectivity index (χ1v) is 12.2. The van der Waals surface area contributed by atoms with Gasteiger partial charge in [0, 0.05) is 32.2 Å². The summed E-state index contributed by atoms with van der Waals surface area (Å²) in [6.07, 6.45) is -8.11. The molecule has 37 heavy (non-hydrogen) atoms. The number of carbonyl (C=O) groups excluding carboxylic acids is 1. The molecule has 4 rings (SSSR count). The second-order valence-electron chi connectivity index (χ2n) is 9.80. The molecule has 0 aromatic heterocycles. The van der Waals surface area contributed by atoms with Crippen LogP contribution in [0, 0.1) is 0 Å². The fourth-order valence-corrected chi connectivity index (χ4v) is 4.97. The number of halogens is 6. The van der Waals surface area contributed by atoms with Gasteiger partial charge >= 0.3 is 18.4 Å². The second kappa shape index (κ2) is 10.9. The first kappa shape index (κ1) is 27.3. The van der Waals surface area contributed by atoms with Gasteiger partial charge in [-0.2, -0.15) is 26.3 Å². The third kappa shape index (κ3) is 6.95. The minimum atomic E-state index is -4.90. The molecule has 0 radical (unpaired) electrons. The van der Waals surface area contributed by atoms with Crippen molar-refractivity contribution in [3.05, 3.63) is 70.8 Å². The van der Waals surface area contributed by atoms with Crippen LogP contribution >= 0.6 is 0 Å². The molecule has 1 unspecified atom stereocenters. The highest BCUT2D eigenvalue weighted by Crippen LogP contribution is 2.37. The van der Waals surface area contributed by atoms with Gasteiger partial charge in [0.25, 0.3) is 0 Å². The van der Waals surface area contributed by atoms with Crippen LogP contribution in [0.3, 0.4) is 0 Å². The smallest absolute Gasteiger partial charge is 0.335 e. The topological polar surface area (TPSA) is 38.8 Å². The highest BCUT2D eigenvalue weighted by atomic mass is 19.4. The van der Waals surface area contributed by atoms with Crippen molar-refractivity contribution in [2.45, 2.75) is 43.8 Å². The van der Waals surface area contributed by atoms with Crippen LogP contribution in [0.1, 0.15) is 41.1 Å². The van der Waals surface area contributed by atoms with Crippen LogP contribution in [0.5, 0.6) is 0 Å². The molecule has 2 aromatic carbocycles. The predicted molar refractivity (Wildman–Crippen MR) is 127 cm³/mol. The molecule has 1 N–H and O–H groups in total. The van der Waals surface area contributed by atoms with E-state index in [4.69, 9.17) is 0 Å². The van der Waals surface area contributed by atoms with E-state index in [1.807, 2.05) is 37.4 Å². The van der Waals surface area contributed by atoms with Crippen molar-refractivity contribution in [3.63, 3.8) is 0 Å². The normalized spacial score (nSPS) is 20.7. The number of piperidine rings is 1. The Hall–Kier alpha value is -2.79. The molecule has 202 valence electrons. The number of rotatable bonds is 4. The molecule has 2 amide bonds.